The fourth-order valence-corrected chi connectivity index (χ4v) is 1.66. The van der Waals surface area contributed by atoms with Gasteiger partial charge in [-0.3, -0.25) is 0 Å². The normalized spacial score (nSPS) is 32.8. The van der Waals surface area contributed by atoms with Crippen LogP contribution in [0.3, 0.4) is 0 Å². The molecule has 0 aromatic heterocycles. The van der Waals surface area contributed by atoms with Gasteiger partial charge >= 0.3 is 0 Å². The van der Waals surface area contributed by atoms with Crippen LogP contribution in [0.5, 0.6) is 0 Å². The lowest BCUT2D eigenvalue weighted by Crippen LogP contribution is -2.40. The Bertz CT molecular complexity index is 148. The smallest absolute Gasteiger partial charge is 0.0721 e. The number of ether oxygens (including phenoxy) is 1. The van der Waals surface area contributed by atoms with Gasteiger partial charge in [0.2, 0.25) is 0 Å². The summed E-state index contributed by atoms with van der Waals surface area (Å²) in [7, 11) is 1.79. The van der Waals surface area contributed by atoms with Crippen molar-refractivity contribution in [2.45, 2.75) is 44.8 Å². The number of hydrogen-bond acceptors (Lipinski definition) is 3. The highest BCUT2D eigenvalue weighted by atomic mass is 16.5. The molecule has 1 heterocycles. The van der Waals surface area contributed by atoms with Crippen LogP contribution in [-0.4, -0.2) is 37.5 Å². The minimum absolute atomic E-state index is 0.0648. The highest BCUT2D eigenvalue weighted by Crippen LogP contribution is 2.16. The summed E-state index contributed by atoms with van der Waals surface area (Å²) in [5.41, 5.74) is 0. The molecule has 0 bridgehead atoms. The van der Waals surface area contributed by atoms with Gasteiger partial charge in [-0.05, 0) is 38.1 Å². The highest BCUT2D eigenvalue weighted by molar-refractivity contribution is 4.74. The predicted molar refractivity (Wildman–Crippen MR) is 57.3 cm³/mol. The molecule has 2 aliphatic rings. The zero-order chi connectivity index (χ0) is 10.4. The Labute approximate surface area is 86.8 Å². The maximum atomic E-state index is 8.45. The van der Waals surface area contributed by atoms with Crippen LogP contribution in [0, 0.1) is 5.92 Å². The fraction of sp³-hybridized carbons (Fsp3) is 1.00. The summed E-state index contributed by atoms with van der Waals surface area (Å²) < 4.78 is 5.24. The molecule has 1 aliphatic carbocycles. The van der Waals surface area contributed by atoms with Gasteiger partial charge in [0.1, 0.15) is 0 Å². The van der Waals surface area contributed by atoms with Gasteiger partial charge in [0.05, 0.1) is 12.2 Å². The third-order valence-corrected chi connectivity index (χ3v) is 3.13. The topological polar surface area (TPSA) is 41.5 Å². The summed E-state index contributed by atoms with van der Waals surface area (Å²) in [6, 6.07) is 0. The summed E-state index contributed by atoms with van der Waals surface area (Å²) in [4.78, 5) is 0. The van der Waals surface area contributed by atoms with Gasteiger partial charge in [-0.2, -0.15) is 0 Å². The number of hydrogen-bond donors (Lipinski definition) is 2. The minimum Gasteiger partial charge on any atom is -0.393 e. The van der Waals surface area contributed by atoms with E-state index in [-0.39, 0.29) is 6.10 Å². The van der Waals surface area contributed by atoms with Gasteiger partial charge in [-0.25, -0.2) is 0 Å². The molecule has 14 heavy (non-hydrogen) atoms. The Morgan fingerprint density at radius 3 is 2.21 bits per heavy atom. The molecule has 3 heteroatoms. The van der Waals surface area contributed by atoms with E-state index in [0.717, 1.165) is 31.8 Å². The molecule has 0 radical (unpaired) electrons. The van der Waals surface area contributed by atoms with Crippen LogP contribution in [0.15, 0.2) is 0 Å². The van der Waals surface area contributed by atoms with Crippen molar-refractivity contribution >= 4 is 0 Å². The number of methoxy groups -OCH3 is 1. The average molecular weight is 201 g/mol. The molecule has 84 valence electrons. The monoisotopic (exact) mass is 201 g/mol. The molecule has 0 aromatic carbocycles. The summed E-state index contributed by atoms with van der Waals surface area (Å²) >= 11 is 0. The zero-order valence-corrected chi connectivity index (χ0v) is 9.33. The van der Waals surface area contributed by atoms with Crippen molar-refractivity contribution in [1.82, 2.24) is 5.32 Å². The van der Waals surface area contributed by atoms with E-state index in [2.05, 4.69) is 12.2 Å². The zero-order valence-electron chi connectivity index (χ0n) is 9.33. The van der Waals surface area contributed by atoms with Gasteiger partial charge in [-0.1, -0.05) is 6.92 Å². The van der Waals surface area contributed by atoms with E-state index in [1.807, 2.05) is 0 Å². The first-order chi connectivity index (χ1) is 6.74. The number of piperidine rings is 1. The SMILES string of the molecule is CO[C@@H]1CNCC[C@@H]1C.OC1CCC1. The third kappa shape index (κ3) is 3.95. The second-order valence-corrected chi connectivity index (χ2v) is 4.33. The van der Waals surface area contributed by atoms with Crippen molar-refractivity contribution in [2.75, 3.05) is 20.2 Å². The molecule has 2 N–H and O–H groups in total. The van der Waals surface area contributed by atoms with Crippen LogP contribution in [0.1, 0.15) is 32.6 Å². The highest BCUT2D eigenvalue weighted by Gasteiger charge is 2.19. The predicted octanol–water partition coefficient (Wildman–Crippen LogP) is 1.16. The van der Waals surface area contributed by atoms with E-state index in [4.69, 9.17) is 9.84 Å². The molecule has 2 atom stereocenters. The van der Waals surface area contributed by atoms with Gasteiger partial charge in [-0.15, -0.1) is 0 Å². The van der Waals surface area contributed by atoms with Crippen molar-refractivity contribution in [3.8, 4) is 0 Å². The Morgan fingerprint density at radius 1 is 1.29 bits per heavy atom. The molecule has 1 saturated heterocycles. The first-order valence-electron chi connectivity index (χ1n) is 5.65. The first-order valence-corrected chi connectivity index (χ1v) is 5.65. The second-order valence-electron chi connectivity index (χ2n) is 4.33. The molecular weight excluding hydrogens is 178 g/mol. The quantitative estimate of drug-likeness (QED) is 0.669. The Morgan fingerprint density at radius 2 is 1.93 bits per heavy atom. The molecule has 0 spiro atoms. The maximum absolute atomic E-state index is 8.45. The summed E-state index contributed by atoms with van der Waals surface area (Å²) in [6.07, 6.45) is 5.08. The molecule has 1 aliphatic heterocycles. The van der Waals surface area contributed by atoms with Gasteiger partial charge in [0, 0.05) is 13.7 Å². The van der Waals surface area contributed by atoms with Crippen LogP contribution < -0.4 is 5.32 Å². The number of aliphatic hydroxyl groups is 1. The van der Waals surface area contributed by atoms with E-state index < -0.39 is 0 Å². The Balaban J connectivity index is 0.000000165. The number of nitrogens with one attached hydrogen (secondary N) is 1. The van der Waals surface area contributed by atoms with Crippen molar-refractivity contribution in [3.05, 3.63) is 0 Å². The van der Waals surface area contributed by atoms with Crippen LogP contribution in [0.4, 0.5) is 0 Å². The molecule has 3 nitrogen and oxygen atoms in total. The van der Waals surface area contributed by atoms with Crippen molar-refractivity contribution in [3.63, 3.8) is 0 Å². The molecule has 2 fully saturated rings. The first kappa shape index (κ1) is 12.0. The molecule has 0 aromatic rings. The maximum Gasteiger partial charge on any atom is 0.0721 e. The van der Waals surface area contributed by atoms with E-state index in [0.29, 0.717) is 6.10 Å². The fourth-order valence-electron chi connectivity index (χ4n) is 1.66. The number of rotatable bonds is 1. The van der Waals surface area contributed by atoms with E-state index in [1.54, 1.807) is 7.11 Å². The number of aliphatic hydroxyl groups excluding tert-OH is 1. The van der Waals surface area contributed by atoms with Crippen molar-refractivity contribution < 1.29 is 9.84 Å². The van der Waals surface area contributed by atoms with Crippen LogP contribution in [0.2, 0.25) is 0 Å². The lowest BCUT2D eigenvalue weighted by Gasteiger charge is -2.27. The molecule has 0 amide bonds. The van der Waals surface area contributed by atoms with Crippen molar-refractivity contribution in [1.29, 1.82) is 0 Å². The van der Waals surface area contributed by atoms with Gasteiger partial charge in [0.25, 0.3) is 0 Å². The standard InChI is InChI=1S/C7H15NO.C4H8O/c1-6-3-4-8-5-7(6)9-2;5-4-2-1-3-4/h6-8H,3-5H2,1-2H3;4-5H,1-3H2/t6-,7+;/m0./s1. The minimum atomic E-state index is 0.0648. The molecule has 2 rings (SSSR count). The van der Waals surface area contributed by atoms with Crippen LogP contribution in [0.25, 0.3) is 0 Å². The van der Waals surface area contributed by atoms with Crippen LogP contribution in [-0.2, 0) is 4.74 Å². The molecule has 1 saturated carbocycles. The van der Waals surface area contributed by atoms with Gasteiger partial charge < -0.3 is 15.2 Å². The summed E-state index contributed by atoms with van der Waals surface area (Å²) in [5, 5.41) is 11.7. The summed E-state index contributed by atoms with van der Waals surface area (Å²) in [5.74, 6) is 0.733. The third-order valence-electron chi connectivity index (χ3n) is 3.13. The second kappa shape index (κ2) is 6.38. The summed E-state index contributed by atoms with van der Waals surface area (Å²) in [6.45, 7) is 4.42. The van der Waals surface area contributed by atoms with E-state index >= 15 is 0 Å². The van der Waals surface area contributed by atoms with Crippen LogP contribution >= 0.6 is 0 Å². The van der Waals surface area contributed by atoms with E-state index in [1.165, 1.54) is 12.8 Å². The molecule has 0 unspecified atom stereocenters. The lowest BCUT2D eigenvalue weighted by molar-refractivity contribution is 0.0413. The largest absolute Gasteiger partial charge is 0.393 e. The average Bonchev–Trinajstić information content (AvgIpc) is 2.17. The Hall–Kier alpha value is -0.120. The van der Waals surface area contributed by atoms with E-state index in [9.17, 15) is 0 Å². The molecular formula is C11H23NO2. The Kier molecular flexibility index (Phi) is 5.45. The van der Waals surface area contributed by atoms with Crippen molar-refractivity contribution in [2.24, 2.45) is 5.92 Å². The lowest BCUT2D eigenvalue weighted by atomic mass is 9.97. The van der Waals surface area contributed by atoms with Gasteiger partial charge in [0.15, 0.2) is 0 Å².